The van der Waals surface area contributed by atoms with Gasteiger partial charge in [-0.25, -0.2) is 0 Å². The third-order valence-corrected chi connectivity index (χ3v) is 4.00. The lowest BCUT2D eigenvalue weighted by atomic mass is 10.3. The van der Waals surface area contributed by atoms with Crippen LogP contribution < -0.4 is 0 Å². The smallest absolute Gasteiger partial charge is 0.248 e. The molecule has 0 spiro atoms. The van der Waals surface area contributed by atoms with E-state index in [0.29, 0.717) is 13.1 Å². The number of rotatable bonds is 8. The molecule has 22 heavy (non-hydrogen) atoms. The van der Waals surface area contributed by atoms with Crippen molar-refractivity contribution in [2.45, 2.75) is 6.54 Å². The highest BCUT2D eigenvalue weighted by Crippen LogP contribution is 2.25. The maximum Gasteiger partial charge on any atom is 0.248 e. The van der Waals surface area contributed by atoms with Crippen LogP contribution in [0.25, 0.3) is 10.6 Å². The van der Waals surface area contributed by atoms with E-state index >= 15 is 0 Å². The second-order valence-electron chi connectivity index (χ2n) is 5.21. The number of amides is 1. The van der Waals surface area contributed by atoms with Crippen LogP contribution in [0, 0.1) is 0 Å². The topological polar surface area (TPSA) is 58.8 Å². The average Bonchev–Trinajstić information content (AvgIpc) is 3.14. The van der Waals surface area contributed by atoms with Crippen LogP contribution in [0.15, 0.2) is 28.1 Å². The molecule has 2 aromatic rings. The molecule has 1 amide bonds. The fraction of sp³-hybridized carbons (Fsp3) is 0.467. The van der Waals surface area contributed by atoms with E-state index in [0.717, 1.165) is 22.9 Å². The molecule has 0 radical (unpaired) electrons. The van der Waals surface area contributed by atoms with Gasteiger partial charge >= 0.3 is 0 Å². The first-order valence-electron chi connectivity index (χ1n) is 7.01. The van der Waals surface area contributed by atoms with Crippen LogP contribution in [0.1, 0.15) is 5.69 Å². The largest absolute Gasteiger partial charge is 0.375 e. The van der Waals surface area contributed by atoms with E-state index in [1.807, 2.05) is 42.6 Å². The summed E-state index contributed by atoms with van der Waals surface area (Å²) < 4.78 is 10.3. The van der Waals surface area contributed by atoms with Crippen LogP contribution in [0.3, 0.4) is 0 Å². The molecular weight excluding hydrogens is 302 g/mol. The van der Waals surface area contributed by atoms with Gasteiger partial charge in [0.1, 0.15) is 12.3 Å². The van der Waals surface area contributed by atoms with E-state index in [1.165, 1.54) is 7.11 Å². The van der Waals surface area contributed by atoms with Crippen LogP contribution in [-0.4, -0.2) is 61.8 Å². The van der Waals surface area contributed by atoms with Gasteiger partial charge < -0.3 is 19.1 Å². The molecule has 6 nitrogen and oxygen atoms in total. The molecule has 0 saturated carbocycles. The van der Waals surface area contributed by atoms with Gasteiger partial charge in [-0.05, 0) is 25.5 Å². The highest BCUT2D eigenvalue weighted by Gasteiger charge is 2.17. The number of thiophene rings is 1. The summed E-state index contributed by atoms with van der Waals surface area (Å²) in [6.45, 7) is 1.90. The molecule has 2 heterocycles. The molecule has 0 N–H and O–H groups in total. The van der Waals surface area contributed by atoms with Crippen molar-refractivity contribution in [2.24, 2.45) is 0 Å². The lowest BCUT2D eigenvalue weighted by molar-refractivity contribution is -0.136. The number of methoxy groups -OCH3 is 1. The van der Waals surface area contributed by atoms with Crippen molar-refractivity contribution < 1.29 is 14.1 Å². The molecule has 0 unspecified atom stereocenters. The van der Waals surface area contributed by atoms with Gasteiger partial charge in [0.2, 0.25) is 5.91 Å². The minimum atomic E-state index is -0.0509. The maximum atomic E-state index is 12.1. The van der Waals surface area contributed by atoms with E-state index in [4.69, 9.17) is 9.26 Å². The van der Waals surface area contributed by atoms with Crippen molar-refractivity contribution >= 4 is 17.2 Å². The Kier molecular flexibility index (Phi) is 6.11. The molecule has 0 atom stereocenters. The number of carbonyl (C=O) groups excluding carboxylic acids is 1. The van der Waals surface area contributed by atoms with Crippen molar-refractivity contribution in [3.8, 4) is 10.6 Å². The second kappa shape index (κ2) is 8.07. The summed E-state index contributed by atoms with van der Waals surface area (Å²) in [4.78, 5) is 16.9. The third kappa shape index (κ3) is 4.66. The van der Waals surface area contributed by atoms with Crippen molar-refractivity contribution in [2.75, 3.05) is 40.9 Å². The third-order valence-electron chi connectivity index (χ3n) is 3.11. The fourth-order valence-electron chi connectivity index (χ4n) is 1.94. The van der Waals surface area contributed by atoms with Gasteiger partial charge in [0, 0.05) is 26.3 Å². The van der Waals surface area contributed by atoms with E-state index in [9.17, 15) is 4.79 Å². The van der Waals surface area contributed by atoms with E-state index in [-0.39, 0.29) is 12.5 Å². The first-order chi connectivity index (χ1) is 10.6. The predicted octanol–water partition coefficient (Wildman–Crippen LogP) is 1.94. The van der Waals surface area contributed by atoms with Crippen molar-refractivity contribution in [1.29, 1.82) is 0 Å². The number of aromatic nitrogens is 1. The fourth-order valence-corrected chi connectivity index (χ4v) is 2.62. The SMILES string of the molecule is COCC(=O)N(CCN(C)C)Cc1cc(-c2cccs2)on1. The van der Waals surface area contributed by atoms with Gasteiger partial charge in [-0.1, -0.05) is 11.2 Å². The first kappa shape index (κ1) is 16.7. The normalized spacial score (nSPS) is 11.1. The number of nitrogens with zero attached hydrogens (tertiary/aromatic N) is 3. The molecule has 0 fully saturated rings. The number of carbonyl (C=O) groups is 1. The van der Waals surface area contributed by atoms with Gasteiger partial charge in [-0.3, -0.25) is 4.79 Å². The van der Waals surface area contributed by atoms with Gasteiger partial charge in [-0.2, -0.15) is 0 Å². The number of hydrogen-bond donors (Lipinski definition) is 0. The van der Waals surface area contributed by atoms with Gasteiger partial charge in [-0.15, -0.1) is 11.3 Å². The highest BCUT2D eigenvalue weighted by molar-refractivity contribution is 7.13. The lowest BCUT2D eigenvalue weighted by Gasteiger charge is -2.23. The van der Waals surface area contributed by atoms with Crippen LogP contribution in [0.2, 0.25) is 0 Å². The Bertz CT molecular complexity index is 581. The van der Waals surface area contributed by atoms with Gasteiger partial charge in [0.15, 0.2) is 5.76 Å². The summed E-state index contributed by atoms with van der Waals surface area (Å²) >= 11 is 1.60. The molecule has 120 valence electrons. The summed E-state index contributed by atoms with van der Waals surface area (Å²) in [5, 5.41) is 6.05. The zero-order valence-corrected chi connectivity index (χ0v) is 13.9. The van der Waals surface area contributed by atoms with Crippen LogP contribution in [0.5, 0.6) is 0 Å². The Hall–Kier alpha value is -1.70. The summed E-state index contributed by atoms with van der Waals surface area (Å²) in [6.07, 6.45) is 0. The zero-order valence-electron chi connectivity index (χ0n) is 13.1. The Morgan fingerprint density at radius 3 is 2.86 bits per heavy atom. The molecule has 0 aromatic carbocycles. The van der Waals surface area contributed by atoms with E-state index in [1.54, 1.807) is 16.2 Å². The summed E-state index contributed by atoms with van der Waals surface area (Å²) in [7, 11) is 5.47. The maximum absolute atomic E-state index is 12.1. The Labute approximate surface area is 134 Å². The number of likely N-dealkylation sites (N-methyl/N-ethyl adjacent to an activating group) is 1. The second-order valence-corrected chi connectivity index (χ2v) is 6.16. The molecule has 0 aliphatic rings. The van der Waals surface area contributed by atoms with E-state index in [2.05, 4.69) is 5.16 Å². The summed E-state index contributed by atoms with van der Waals surface area (Å²) in [5.74, 6) is 0.682. The molecule has 0 aliphatic heterocycles. The van der Waals surface area contributed by atoms with Gasteiger partial charge in [0.05, 0.1) is 11.4 Å². The molecule has 2 rings (SSSR count). The van der Waals surface area contributed by atoms with Crippen LogP contribution >= 0.6 is 11.3 Å². The standard InChI is InChI=1S/C15H21N3O3S/c1-17(2)6-7-18(15(19)11-20-3)10-12-9-13(21-16-12)14-5-4-8-22-14/h4-5,8-9H,6-7,10-11H2,1-3H3. The highest BCUT2D eigenvalue weighted by atomic mass is 32.1. The van der Waals surface area contributed by atoms with Crippen LogP contribution in [-0.2, 0) is 16.1 Å². The van der Waals surface area contributed by atoms with E-state index < -0.39 is 0 Å². The molecule has 2 aromatic heterocycles. The monoisotopic (exact) mass is 323 g/mol. The van der Waals surface area contributed by atoms with Gasteiger partial charge in [0.25, 0.3) is 0 Å². The van der Waals surface area contributed by atoms with Crippen molar-refractivity contribution in [3.05, 3.63) is 29.3 Å². The minimum Gasteiger partial charge on any atom is -0.375 e. The van der Waals surface area contributed by atoms with Crippen molar-refractivity contribution in [3.63, 3.8) is 0 Å². The lowest BCUT2D eigenvalue weighted by Crippen LogP contribution is -2.38. The first-order valence-corrected chi connectivity index (χ1v) is 7.89. The molecule has 0 saturated heterocycles. The summed E-state index contributed by atoms with van der Waals surface area (Å²) in [6, 6.07) is 5.83. The molecular formula is C15H21N3O3S. The predicted molar refractivity (Wildman–Crippen MR) is 85.7 cm³/mol. The Morgan fingerprint density at radius 2 is 2.23 bits per heavy atom. The van der Waals surface area contributed by atoms with Crippen molar-refractivity contribution in [1.82, 2.24) is 15.0 Å². The molecule has 0 aliphatic carbocycles. The molecule has 7 heteroatoms. The Balaban J connectivity index is 2.04. The zero-order chi connectivity index (χ0) is 15.9. The Morgan fingerprint density at radius 1 is 1.41 bits per heavy atom. The quantitative estimate of drug-likeness (QED) is 0.743. The number of ether oxygens (including phenoxy) is 1. The summed E-state index contributed by atoms with van der Waals surface area (Å²) in [5.41, 5.74) is 0.742. The molecule has 0 bridgehead atoms. The number of hydrogen-bond acceptors (Lipinski definition) is 6. The minimum absolute atomic E-state index is 0.0509. The average molecular weight is 323 g/mol. The van der Waals surface area contributed by atoms with Crippen LogP contribution in [0.4, 0.5) is 0 Å².